The molecule has 1 aromatic heterocycles. The Morgan fingerprint density at radius 3 is 2.44 bits per heavy atom. The van der Waals surface area contributed by atoms with Crippen LogP contribution in [0.1, 0.15) is 10.5 Å². The SMILES string of the molecule is Cn1cc(Br)cc1C(=O)N1C[C@@H](O)[C@@H](O)C1. The molecule has 2 rings (SSSR count). The van der Waals surface area contributed by atoms with Crippen LogP contribution in [0, 0.1) is 0 Å². The fraction of sp³-hybridized carbons (Fsp3) is 0.500. The standard InChI is InChI=1S/C10H13BrN2O3/c1-12-3-6(11)2-7(12)10(16)13-4-8(14)9(15)5-13/h2-3,8-9,14-15H,4-5H2,1H3/t8-,9+. The number of carbonyl (C=O) groups excluding carboxylic acids is 1. The molecule has 5 nitrogen and oxygen atoms in total. The van der Waals surface area contributed by atoms with Crippen LogP contribution in [0.5, 0.6) is 0 Å². The van der Waals surface area contributed by atoms with Crippen molar-refractivity contribution in [2.75, 3.05) is 13.1 Å². The summed E-state index contributed by atoms with van der Waals surface area (Å²) in [6.45, 7) is 0.367. The third-order valence-corrected chi connectivity index (χ3v) is 3.17. The van der Waals surface area contributed by atoms with Gasteiger partial charge in [-0.05, 0) is 22.0 Å². The monoisotopic (exact) mass is 288 g/mol. The zero-order chi connectivity index (χ0) is 11.9. The van der Waals surface area contributed by atoms with Crippen LogP contribution in [-0.2, 0) is 7.05 Å². The summed E-state index contributed by atoms with van der Waals surface area (Å²) in [7, 11) is 1.78. The zero-order valence-corrected chi connectivity index (χ0v) is 10.4. The second-order valence-electron chi connectivity index (χ2n) is 4.00. The van der Waals surface area contributed by atoms with Crippen molar-refractivity contribution in [1.82, 2.24) is 9.47 Å². The molecule has 1 aromatic rings. The summed E-state index contributed by atoms with van der Waals surface area (Å²) < 4.78 is 2.54. The van der Waals surface area contributed by atoms with E-state index in [1.54, 1.807) is 23.9 Å². The maximum absolute atomic E-state index is 12.0. The van der Waals surface area contributed by atoms with Crippen molar-refractivity contribution in [3.05, 3.63) is 22.4 Å². The fourth-order valence-corrected chi connectivity index (χ4v) is 2.36. The number of aliphatic hydroxyl groups is 2. The van der Waals surface area contributed by atoms with Crippen LogP contribution in [0.25, 0.3) is 0 Å². The van der Waals surface area contributed by atoms with Crippen LogP contribution < -0.4 is 0 Å². The minimum atomic E-state index is -0.840. The van der Waals surface area contributed by atoms with Gasteiger partial charge in [-0.3, -0.25) is 4.79 Å². The second kappa shape index (κ2) is 4.20. The highest BCUT2D eigenvalue weighted by atomic mass is 79.9. The van der Waals surface area contributed by atoms with Crippen molar-refractivity contribution < 1.29 is 15.0 Å². The molecule has 0 aromatic carbocycles. The Morgan fingerprint density at radius 1 is 1.44 bits per heavy atom. The molecule has 0 radical (unpaired) electrons. The number of halogens is 1. The quantitative estimate of drug-likeness (QED) is 0.763. The van der Waals surface area contributed by atoms with E-state index in [4.69, 9.17) is 0 Å². The van der Waals surface area contributed by atoms with Crippen molar-refractivity contribution in [1.29, 1.82) is 0 Å². The van der Waals surface area contributed by atoms with E-state index < -0.39 is 12.2 Å². The molecule has 2 N–H and O–H groups in total. The lowest BCUT2D eigenvalue weighted by molar-refractivity contribution is 0.0572. The maximum Gasteiger partial charge on any atom is 0.270 e. The van der Waals surface area contributed by atoms with E-state index in [0.29, 0.717) is 5.69 Å². The van der Waals surface area contributed by atoms with Crippen LogP contribution in [0.3, 0.4) is 0 Å². The molecule has 0 unspecified atom stereocenters. The second-order valence-corrected chi connectivity index (χ2v) is 4.91. The largest absolute Gasteiger partial charge is 0.388 e. The molecule has 1 aliphatic heterocycles. The van der Waals surface area contributed by atoms with Gasteiger partial charge in [0.1, 0.15) is 5.69 Å². The predicted octanol–water partition coefficient (Wildman–Crippen LogP) is -0.0348. The van der Waals surface area contributed by atoms with Gasteiger partial charge < -0.3 is 19.7 Å². The summed E-state index contributed by atoms with van der Waals surface area (Å²) in [5.74, 6) is -0.177. The highest BCUT2D eigenvalue weighted by Crippen LogP contribution is 2.18. The van der Waals surface area contributed by atoms with Gasteiger partial charge in [0.25, 0.3) is 5.91 Å². The average Bonchev–Trinajstić information content (AvgIpc) is 2.70. The van der Waals surface area contributed by atoms with Gasteiger partial charge in [0.2, 0.25) is 0 Å². The number of aliphatic hydroxyl groups excluding tert-OH is 2. The first kappa shape index (κ1) is 11.6. The lowest BCUT2D eigenvalue weighted by Crippen LogP contribution is -2.31. The summed E-state index contributed by atoms with van der Waals surface area (Å²) in [6, 6.07) is 1.72. The lowest BCUT2D eigenvalue weighted by atomic mass is 10.3. The van der Waals surface area contributed by atoms with Crippen LogP contribution in [0.2, 0.25) is 0 Å². The van der Waals surface area contributed by atoms with Gasteiger partial charge in [-0.1, -0.05) is 0 Å². The number of rotatable bonds is 1. The number of amides is 1. The highest BCUT2D eigenvalue weighted by Gasteiger charge is 2.33. The van der Waals surface area contributed by atoms with Crippen molar-refractivity contribution in [3.8, 4) is 0 Å². The number of hydrogen-bond donors (Lipinski definition) is 2. The van der Waals surface area contributed by atoms with Crippen LogP contribution in [-0.4, -0.2) is 50.9 Å². The minimum absolute atomic E-state index is 0.177. The summed E-state index contributed by atoms with van der Waals surface area (Å²) in [5.41, 5.74) is 0.535. The van der Waals surface area contributed by atoms with Crippen LogP contribution in [0.15, 0.2) is 16.7 Å². The first-order chi connectivity index (χ1) is 7.49. The number of hydrogen-bond acceptors (Lipinski definition) is 3. The Hall–Kier alpha value is -0.850. The van der Waals surface area contributed by atoms with Gasteiger partial charge in [-0.15, -0.1) is 0 Å². The molecule has 1 fully saturated rings. The van der Waals surface area contributed by atoms with Crippen LogP contribution in [0.4, 0.5) is 0 Å². The number of carbonyl (C=O) groups is 1. The van der Waals surface area contributed by atoms with E-state index in [-0.39, 0.29) is 19.0 Å². The van der Waals surface area contributed by atoms with Crippen molar-refractivity contribution in [2.45, 2.75) is 12.2 Å². The van der Waals surface area contributed by atoms with Crippen molar-refractivity contribution in [2.24, 2.45) is 7.05 Å². The molecule has 88 valence electrons. The first-order valence-corrected chi connectivity index (χ1v) is 5.75. The topological polar surface area (TPSA) is 65.7 Å². The Morgan fingerprint density at radius 2 is 2.00 bits per heavy atom. The smallest absolute Gasteiger partial charge is 0.270 e. The number of likely N-dealkylation sites (tertiary alicyclic amines) is 1. The summed E-state index contributed by atoms with van der Waals surface area (Å²) in [4.78, 5) is 13.5. The van der Waals surface area contributed by atoms with E-state index >= 15 is 0 Å². The number of β-amino-alcohol motifs (C(OH)–C–C–N with tert-alkyl or cyclic N) is 2. The zero-order valence-electron chi connectivity index (χ0n) is 8.80. The molecule has 0 spiro atoms. The van der Waals surface area contributed by atoms with Crippen molar-refractivity contribution in [3.63, 3.8) is 0 Å². The maximum atomic E-state index is 12.0. The van der Waals surface area contributed by atoms with Crippen LogP contribution >= 0.6 is 15.9 Å². The summed E-state index contributed by atoms with van der Waals surface area (Å²) >= 11 is 3.29. The normalized spacial score (nSPS) is 25.1. The first-order valence-electron chi connectivity index (χ1n) is 4.96. The lowest BCUT2D eigenvalue weighted by Gasteiger charge is -2.15. The number of aromatic nitrogens is 1. The molecule has 1 aliphatic rings. The van der Waals surface area contributed by atoms with Gasteiger partial charge in [-0.2, -0.15) is 0 Å². The Labute approximate surface area is 101 Å². The molecular formula is C10H13BrN2O3. The van der Waals surface area contributed by atoms with Gasteiger partial charge in [0, 0.05) is 30.8 Å². The van der Waals surface area contributed by atoms with E-state index in [2.05, 4.69) is 15.9 Å². The third-order valence-electron chi connectivity index (χ3n) is 2.74. The third kappa shape index (κ3) is 2.00. The Balaban J connectivity index is 2.17. The molecule has 16 heavy (non-hydrogen) atoms. The van der Waals surface area contributed by atoms with Gasteiger partial charge in [-0.25, -0.2) is 0 Å². The fourth-order valence-electron chi connectivity index (χ4n) is 1.83. The minimum Gasteiger partial charge on any atom is -0.388 e. The molecule has 0 saturated carbocycles. The van der Waals surface area contributed by atoms with Gasteiger partial charge in [0.15, 0.2) is 0 Å². The average molecular weight is 289 g/mol. The number of nitrogens with zero attached hydrogens (tertiary/aromatic N) is 2. The predicted molar refractivity (Wildman–Crippen MR) is 61.0 cm³/mol. The molecule has 0 aliphatic carbocycles. The van der Waals surface area contributed by atoms with Crippen molar-refractivity contribution >= 4 is 21.8 Å². The molecule has 2 atom stereocenters. The van der Waals surface area contributed by atoms with E-state index in [9.17, 15) is 15.0 Å². The van der Waals surface area contributed by atoms with E-state index in [1.807, 2.05) is 0 Å². The Bertz CT molecular complexity index is 408. The summed E-state index contributed by atoms with van der Waals surface area (Å²) in [5, 5.41) is 18.8. The number of aryl methyl sites for hydroxylation is 1. The van der Waals surface area contributed by atoms with E-state index in [0.717, 1.165) is 4.47 Å². The summed E-state index contributed by atoms with van der Waals surface area (Å²) in [6.07, 6.45) is 0.108. The van der Waals surface area contributed by atoms with E-state index in [1.165, 1.54) is 4.90 Å². The molecule has 6 heteroatoms. The molecule has 1 amide bonds. The molecule has 1 saturated heterocycles. The van der Waals surface area contributed by atoms with Gasteiger partial charge in [0.05, 0.1) is 12.2 Å². The molecule has 0 bridgehead atoms. The molecule has 2 heterocycles. The highest BCUT2D eigenvalue weighted by molar-refractivity contribution is 9.10. The Kier molecular flexibility index (Phi) is 3.05. The van der Waals surface area contributed by atoms with Gasteiger partial charge >= 0.3 is 0 Å². The molecular weight excluding hydrogens is 276 g/mol.